The summed E-state index contributed by atoms with van der Waals surface area (Å²) < 4.78 is 4.64. The summed E-state index contributed by atoms with van der Waals surface area (Å²) in [7, 11) is 1.41. The molecular formula is C24H33N5O3. The molecule has 0 bridgehead atoms. The van der Waals surface area contributed by atoms with Gasteiger partial charge < -0.3 is 15.0 Å². The van der Waals surface area contributed by atoms with Crippen LogP contribution in [0.1, 0.15) is 49.5 Å². The topological polar surface area (TPSA) is 87.7 Å². The lowest BCUT2D eigenvalue weighted by Crippen LogP contribution is -2.52. The zero-order valence-electron chi connectivity index (χ0n) is 18.8. The van der Waals surface area contributed by atoms with Crippen molar-refractivity contribution in [2.45, 2.75) is 38.1 Å². The molecule has 8 nitrogen and oxygen atoms in total. The molecule has 0 aliphatic carbocycles. The Labute approximate surface area is 190 Å². The number of ether oxygens (including phenoxy) is 1. The van der Waals surface area contributed by atoms with Gasteiger partial charge in [-0.3, -0.25) is 19.7 Å². The van der Waals surface area contributed by atoms with Crippen LogP contribution >= 0.6 is 0 Å². The molecule has 0 unspecified atom stereocenters. The van der Waals surface area contributed by atoms with Gasteiger partial charge in [0.15, 0.2) is 0 Å². The largest absolute Gasteiger partial charge is 0.469 e. The first-order chi connectivity index (χ1) is 15.7. The van der Waals surface area contributed by atoms with E-state index in [9.17, 15) is 9.59 Å². The maximum Gasteiger partial charge on any atom is 0.317 e. The van der Waals surface area contributed by atoms with E-state index in [1.54, 1.807) is 0 Å². The minimum Gasteiger partial charge on any atom is -0.469 e. The van der Waals surface area contributed by atoms with E-state index in [0.29, 0.717) is 26.1 Å². The van der Waals surface area contributed by atoms with Gasteiger partial charge in [-0.1, -0.05) is 25.0 Å². The third kappa shape index (κ3) is 7.02. The molecule has 2 aromatic rings. The summed E-state index contributed by atoms with van der Waals surface area (Å²) in [5, 5.41) is 3.02. The lowest BCUT2D eigenvalue weighted by Gasteiger charge is -2.38. The number of esters is 1. The van der Waals surface area contributed by atoms with Gasteiger partial charge in [0.25, 0.3) is 0 Å². The van der Waals surface area contributed by atoms with Crippen molar-refractivity contribution in [3.63, 3.8) is 0 Å². The zero-order chi connectivity index (χ0) is 22.6. The molecular weight excluding hydrogens is 406 g/mol. The van der Waals surface area contributed by atoms with Crippen LogP contribution in [-0.2, 0) is 9.53 Å². The summed E-state index contributed by atoms with van der Waals surface area (Å²) >= 11 is 0. The Bertz CT molecular complexity index is 787. The third-order valence-electron chi connectivity index (χ3n) is 5.71. The van der Waals surface area contributed by atoms with Gasteiger partial charge in [-0.2, -0.15) is 0 Å². The lowest BCUT2D eigenvalue weighted by atomic mass is 10.1. The number of piperazine rings is 1. The van der Waals surface area contributed by atoms with Crippen LogP contribution in [0.25, 0.3) is 0 Å². The Hall–Kier alpha value is -3.00. The monoisotopic (exact) mass is 439 g/mol. The van der Waals surface area contributed by atoms with E-state index in [4.69, 9.17) is 0 Å². The van der Waals surface area contributed by atoms with Crippen molar-refractivity contribution >= 4 is 12.0 Å². The molecule has 1 fully saturated rings. The molecule has 1 N–H and O–H groups in total. The van der Waals surface area contributed by atoms with Crippen LogP contribution in [-0.4, -0.2) is 71.6 Å². The van der Waals surface area contributed by atoms with Crippen LogP contribution in [0, 0.1) is 0 Å². The van der Waals surface area contributed by atoms with Gasteiger partial charge in [0.05, 0.1) is 24.5 Å². The molecule has 1 saturated heterocycles. The summed E-state index contributed by atoms with van der Waals surface area (Å²) in [6, 6.07) is 11.9. The summed E-state index contributed by atoms with van der Waals surface area (Å²) in [4.78, 5) is 37.0. The van der Waals surface area contributed by atoms with Crippen LogP contribution < -0.4 is 5.32 Å². The third-order valence-corrected chi connectivity index (χ3v) is 5.71. The number of hydrogen-bond donors (Lipinski definition) is 1. The van der Waals surface area contributed by atoms with E-state index in [1.165, 1.54) is 7.11 Å². The van der Waals surface area contributed by atoms with Gasteiger partial charge in [-0.25, -0.2) is 4.79 Å². The van der Waals surface area contributed by atoms with Gasteiger partial charge in [-0.15, -0.1) is 0 Å². The number of rotatable bonds is 10. The predicted octanol–water partition coefficient (Wildman–Crippen LogP) is 3.02. The number of pyridine rings is 2. The van der Waals surface area contributed by atoms with E-state index in [2.05, 4.69) is 24.9 Å². The fourth-order valence-electron chi connectivity index (χ4n) is 3.94. The molecule has 0 saturated carbocycles. The van der Waals surface area contributed by atoms with Crippen LogP contribution in [0.2, 0.25) is 0 Å². The van der Waals surface area contributed by atoms with Crippen molar-refractivity contribution in [3.05, 3.63) is 60.2 Å². The molecule has 2 aromatic heterocycles. The molecule has 1 aliphatic heterocycles. The number of methoxy groups -OCH3 is 1. The Balaban J connectivity index is 1.43. The van der Waals surface area contributed by atoms with Crippen LogP contribution in [0.15, 0.2) is 48.8 Å². The molecule has 3 heterocycles. The smallest absolute Gasteiger partial charge is 0.317 e. The maximum absolute atomic E-state index is 12.5. The van der Waals surface area contributed by atoms with Gasteiger partial charge in [0.1, 0.15) is 0 Å². The fraction of sp³-hybridized carbons (Fsp3) is 0.500. The maximum atomic E-state index is 12.5. The van der Waals surface area contributed by atoms with Crippen molar-refractivity contribution in [2.75, 3.05) is 39.8 Å². The number of urea groups is 1. The molecule has 0 atom stereocenters. The molecule has 3 rings (SSSR count). The number of hydrogen-bond acceptors (Lipinski definition) is 6. The first-order valence-corrected chi connectivity index (χ1v) is 11.3. The normalized spacial score (nSPS) is 14.4. The number of unbranched alkanes of at least 4 members (excludes halogenated alkanes) is 3. The van der Waals surface area contributed by atoms with Crippen LogP contribution in [0.4, 0.5) is 4.79 Å². The summed E-state index contributed by atoms with van der Waals surface area (Å²) in [5.74, 6) is -0.161. The molecule has 172 valence electrons. The van der Waals surface area contributed by atoms with E-state index in [0.717, 1.165) is 50.2 Å². The van der Waals surface area contributed by atoms with E-state index in [1.807, 2.05) is 53.7 Å². The van der Waals surface area contributed by atoms with E-state index < -0.39 is 0 Å². The summed E-state index contributed by atoms with van der Waals surface area (Å²) in [6.45, 7) is 3.52. The number of carbonyl (C=O) groups excluding carboxylic acids is 2. The van der Waals surface area contributed by atoms with Gasteiger partial charge in [0.2, 0.25) is 0 Å². The SMILES string of the molecule is COC(=O)CCCCCCNC(=O)N1CCN(C(c2ccccn2)c2ccccn2)CC1. The lowest BCUT2D eigenvalue weighted by molar-refractivity contribution is -0.140. The van der Waals surface area contributed by atoms with Crippen molar-refractivity contribution in [1.29, 1.82) is 0 Å². The van der Waals surface area contributed by atoms with Gasteiger partial charge in [0, 0.05) is 51.5 Å². The van der Waals surface area contributed by atoms with Gasteiger partial charge in [-0.05, 0) is 37.1 Å². The first-order valence-electron chi connectivity index (χ1n) is 11.3. The number of amides is 2. The van der Waals surface area contributed by atoms with Crippen molar-refractivity contribution in [1.82, 2.24) is 25.1 Å². The Morgan fingerprint density at radius 1 is 0.938 bits per heavy atom. The van der Waals surface area contributed by atoms with Crippen molar-refractivity contribution in [3.8, 4) is 0 Å². The number of nitrogens with zero attached hydrogens (tertiary/aromatic N) is 4. The highest BCUT2D eigenvalue weighted by Crippen LogP contribution is 2.26. The second kappa shape index (κ2) is 12.8. The second-order valence-electron chi connectivity index (χ2n) is 7.91. The highest BCUT2D eigenvalue weighted by atomic mass is 16.5. The predicted molar refractivity (Wildman–Crippen MR) is 122 cm³/mol. The van der Waals surface area contributed by atoms with Crippen molar-refractivity contribution < 1.29 is 14.3 Å². The highest BCUT2D eigenvalue weighted by Gasteiger charge is 2.29. The zero-order valence-corrected chi connectivity index (χ0v) is 18.8. The fourth-order valence-corrected chi connectivity index (χ4v) is 3.94. The quantitative estimate of drug-likeness (QED) is 0.452. The minimum atomic E-state index is -0.161. The van der Waals surface area contributed by atoms with Crippen LogP contribution in [0.5, 0.6) is 0 Å². The summed E-state index contributed by atoms with van der Waals surface area (Å²) in [5.41, 5.74) is 1.94. The number of nitrogens with one attached hydrogen (secondary N) is 1. The average molecular weight is 440 g/mol. The Morgan fingerprint density at radius 2 is 1.56 bits per heavy atom. The Morgan fingerprint density at radius 3 is 2.12 bits per heavy atom. The highest BCUT2D eigenvalue weighted by molar-refractivity contribution is 5.74. The molecule has 8 heteroatoms. The summed E-state index contributed by atoms with van der Waals surface area (Å²) in [6.07, 6.45) is 7.78. The molecule has 0 spiro atoms. The minimum absolute atomic E-state index is 0.00793. The molecule has 0 radical (unpaired) electrons. The van der Waals surface area contributed by atoms with E-state index >= 15 is 0 Å². The molecule has 1 aliphatic rings. The Kier molecular flexibility index (Phi) is 9.43. The molecule has 32 heavy (non-hydrogen) atoms. The van der Waals surface area contributed by atoms with Crippen molar-refractivity contribution in [2.24, 2.45) is 0 Å². The van der Waals surface area contributed by atoms with E-state index in [-0.39, 0.29) is 18.0 Å². The first kappa shape index (κ1) is 23.7. The van der Waals surface area contributed by atoms with Gasteiger partial charge >= 0.3 is 12.0 Å². The number of aromatic nitrogens is 2. The second-order valence-corrected chi connectivity index (χ2v) is 7.91. The number of carbonyl (C=O) groups is 2. The standard InChI is InChI=1S/C24H33N5O3/c1-32-22(30)12-4-2-3-7-15-27-24(31)29-18-16-28(17-19-29)23(20-10-5-8-13-25-20)21-11-6-9-14-26-21/h5-6,8-11,13-14,23H,2-4,7,12,15-19H2,1H3,(H,27,31). The molecule has 0 aromatic carbocycles. The van der Waals surface area contributed by atoms with Crippen LogP contribution in [0.3, 0.4) is 0 Å². The molecule has 2 amide bonds. The average Bonchev–Trinajstić information content (AvgIpc) is 2.85.